The Kier molecular flexibility index (Phi) is 8.69. The Bertz CT molecular complexity index is 968. The molecule has 0 saturated heterocycles. The number of carbonyl (C=O) groups excluding carboxylic acids is 2. The summed E-state index contributed by atoms with van der Waals surface area (Å²) in [5.74, 6) is 0.791. The Hall–Kier alpha value is -3.74. The zero-order valence-corrected chi connectivity index (χ0v) is 18.2. The molecule has 0 fully saturated rings. The van der Waals surface area contributed by atoms with Gasteiger partial charge in [0.2, 0.25) is 0 Å². The third kappa shape index (κ3) is 6.92. The molecule has 0 aromatic heterocycles. The van der Waals surface area contributed by atoms with Crippen molar-refractivity contribution in [2.75, 3.05) is 13.7 Å². The zero-order valence-electron chi connectivity index (χ0n) is 18.2. The average molecular weight is 424 g/mol. The molecule has 0 aliphatic heterocycles. The Morgan fingerprint density at radius 2 is 1.87 bits per heavy atom. The topological polar surface area (TPSA) is 85.9 Å². The smallest absolute Gasteiger partial charge is 0.279 e. The molecule has 2 rings (SSSR count). The lowest BCUT2D eigenvalue weighted by atomic mass is 10.1. The molecular weight excluding hydrogens is 396 g/mol. The van der Waals surface area contributed by atoms with Gasteiger partial charge >= 0.3 is 0 Å². The van der Waals surface area contributed by atoms with Crippen LogP contribution in [0.5, 0.6) is 17.2 Å². The molecule has 7 heteroatoms. The van der Waals surface area contributed by atoms with E-state index in [9.17, 15) is 9.59 Å². The van der Waals surface area contributed by atoms with Crippen molar-refractivity contribution in [2.45, 2.75) is 26.9 Å². The maximum atomic E-state index is 12.2. The van der Waals surface area contributed by atoms with Crippen molar-refractivity contribution in [1.29, 1.82) is 0 Å². The number of nitrogens with one attached hydrogen (secondary N) is 2. The fourth-order valence-corrected chi connectivity index (χ4v) is 2.59. The number of ether oxygens (including phenoxy) is 3. The highest BCUT2D eigenvalue weighted by Crippen LogP contribution is 2.28. The van der Waals surface area contributed by atoms with Crippen molar-refractivity contribution in [3.63, 3.8) is 0 Å². The van der Waals surface area contributed by atoms with E-state index < -0.39 is 17.9 Å². The van der Waals surface area contributed by atoms with Crippen LogP contribution in [0.2, 0.25) is 0 Å². The van der Waals surface area contributed by atoms with Gasteiger partial charge in [0, 0.05) is 6.08 Å². The van der Waals surface area contributed by atoms with Crippen molar-refractivity contribution in [3.8, 4) is 17.2 Å². The van der Waals surface area contributed by atoms with Crippen LogP contribution in [0.25, 0.3) is 6.08 Å². The fourth-order valence-electron chi connectivity index (χ4n) is 2.59. The van der Waals surface area contributed by atoms with Crippen LogP contribution in [-0.2, 0) is 9.59 Å². The van der Waals surface area contributed by atoms with E-state index in [1.54, 1.807) is 43.3 Å². The van der Waals surface area contributed by atoms with Gasteiger partial charge in [-0.15, -0.1) is 0 Å². The van der Waals surface area contributed by atoms with E-state index in [-0.39, 0.29) is 0 Å². The van der Waals surface area contributed by atoms with Gasteiger partial charge in [-0.2, -0.15) is 0 Å². The van der Waals surface area contributed by atoms with Gasteiger partial charge < -0.3 is 14.2 Å². The van der Waals surface area contributed by atoms with Gasteiger partial charge in [-0.3, -0.25) is 20.4 Å². The van der Waals surface area contributed by atoms with Crippen LogP contribution >= 0.6 is 0 Å². The molecule has 2 aromatic carbocycles. The number of hydrogen-bond acceptors (Lipinski definition) is 5. The van der Waals surface area contributed by atoms with E-state index in [1.807, 2.05) is 26.0 Å². The predicted molar refractivity (Wildman–Crippen MR) is 120 cm³/mol. The van der Waals surface area contributed by atoms with E-state index in [4.69, 9.17) is 14.2 Å². The van der Waals surface area contributed by atoms with Crippen LogP contribution in [0, 0.1) is 13.8 Å². The molecule has 2 aromatic rings. The second-order valence-corrected chi connectivity index (χ2v) is 6.78. The van der Waals surface area contributed by atoms with Crippen LogP contribution in [-0.4, -0.2) is 31.6 Å². The molecule has 0 saturated carbocycles. The first kappa shape index (κ1) is 23.5. The third-order valence-corrected chi connectivity index (χ3v) is 4.51. The van der Waals surface area contributed by atoms with Gasteiger partial charge in [-0.05, 0) is 61.7 Å². The zero-order chi connectivity index (χ0) is 22.8. The van der Waals surface area contributed by atoms with E-state index in [2.05, 4.69) is 17.4 Å². The number of hydrogen-bond donors (Lipinski definition) is 2. The average Bonchev–Trinajstić information content (AvgIpc) is 2.77. The summed E-state index contributed by atoms with van der Waals surface area (Å²) in [7, 11) is 1.54. The standard InChI is InChI=1S/C24H28N2O5/c1-6-14-30-21-12-10-19(15-22(21)29-5)11-13-23(27)25-26-24(28)18(4)31-20-9-7-8-16(2)17(20)3/h6-13,15,18H,1,14H2,2-5H3,(H,25,27)(H,26,28)/b13-11+. The molecule has 0 radical (unpaired) electrons. The summed E-state index contributed by atoms with van der Waals surface area (Å²) >= 11 is 0. The van der Waals surface area contributed by atoms with Gasteiger partial charge in [0.05, 0.1) is 7.11 Å². The maximum absolute atomic E-state index is 12.2. The second-order valence-electron chi connectivity index (χ2n) is 6.78. The summed E-state index contributed by atoms with van der Waals surface area (Å²) in [6.45, 7) is 9.47. The van der Waals surface area contributed by atoms with E-state index in [0.29, 0.717) is 23.9 Å². The molecular formula is C24H28N2O5. The summed E-state index contributed by atoms with van der Waals surface area (Å²) in [4.78, 5) is 24.3. The summed E-state index contributed by atoms with van der Waals surface area (Å²) < 4.78 is 16.5. The Morgan fingerprint density at radius 3 is 2.58 bits per heavy atom. The van der Waals surface area contributed by atoms with Gasteiger partial charge in [0.15, 0.2) is 17.6 Å². The lowest BCUT2D eigenvalue weighted by Gasteiger charge is -2.17. The molecule has 0 aliphatic carbocycles. The van der Waals surface area contributed by atoms with Crippen LogP contribution in [0.1, 0.15) is 23.6 Å². The molecule has 7 nitrogen and oxygen atoms in total. The second kappa shape index (κ2) is 11.4. The minimum Gasteiger partial charge on any atom is -0.493 e. The minimum absolute atomic E-state index is 0.360. The van der Waals surface area contributed by atoms with Crippen LogP contribution in [0.15, 0.2) is 55.1 Å². The van der Waals surface area contributed by atoms with Crippen molar-refractivity contribution >= 4 is 17.9 Å². The van der Waals surface area contributed by atoms with Gasteiger partial charge in [0.1, 0.15) is 12.4 Å². The Balaban J connectivity index is 1.89. The summed E-state index contributed by atoms with van der Waals surface area (Å²) in [5, 5.41) is 0. The van der Waals surface area contributed by atoms with Crippen molar-refractivity contribution in [1.82, 2.24) is 10.9 Å². The van der Waals surface area contributed by atoms with Crippen LogP contribution < -0.4 is 25.1 Å². The van der Waals surface area contributed by atoms with Gasteiger partial charge in [-0.1, -0.05) is 30.9 Å². The third-order valence-electron chi connectivity index (χ3n) is 4.51. The Morgan fingerprint density at radius 1 is 1.10 bits per heavy atom. The molecule has 1 atom stereocenters. The highest BCUT2D eigenvalue weighted by Gasteiger charge is 2.16. The lowest BCUT2D eigenvalue weighted by molar-refractivity contribution is -0.131. The molecule has 2 N–H and O–H groups in total. The van der Waals surface area contributed by atoms with E-state index >= 15 is 0 Å². The molecule has 0 spiro atoms. The van der Waals surface area contributed by atoms with Crippen molar-refractivity contribution < 1.29 is 23.8 Å². The first-order valence-corrected chi connectivity index (χ1v) is 9.78. The van der Waals surface area contributed by atoms with Crippen molar-refractivity contribution in [2.24, 2.45) is 0 Å². The number of aryl methyl sites for hydroxylation is 1. The maximum Gasteiger partial charge on any atom is 0.279 e. The van der Waals surface area contributed by atoms with Crippen LogP contribution in [0.4, 0.5) is 0 Å². The molecule has 1 unspecified atom stereocenters. The number of rotatable bonds is 9. The van der Waals surface area contributed by atoms with Crippen LogP contribution in [0.3, 0.4) is 0 Å². The quantitative estimate of drug-likeness (QED) is 0.366. The minimum atomic E-state index is -0.780. The first-order valence-electron chi connectivity index (χ1n) is 9.78. The number of methoxy groups -OCH3 is 1. The first-order chi connectivity index (χ1) is 14.8. The monoisotopic (exact) mass is 424 g/mol. The number of benzene rings is 2. The molecule has 164 valence electrons. The van der Waals surface area contributed by atoms with Gasteiger partial charge in [0.25, 0.3) is 11.8 Å². The number of hydrazine groups is 1. The molecule has 0 bridgehead atoms. The van der Waals surface area contributed by atoms with E-state index in [1.165, 1.54) is 13.2 Å². The summed E-state index contributed by atoms with van der Waals surface area (Å²) in [6.07, 6.45) is 3.75. The number of carbonyl (C=O) groups is 2. The predicted octanol–water partition coefficient (Wildman–Crippen LogP) is 3.50. The molecule has 0 aliphatic rings. The van der Waals surface area contributed by atoms with Gasteiger partial charge in [-0.25, -0.2) is 0 Å². The number of amides is 2. The normalized spacial score (nSPS) is 11.5. The highest BCUT2D eigenvalue weighted by molar-refractivity contribution is 5.93. The lowest BCUT2D eigenvalue weighted by Crippen LogP contribution is -2.46. The fraction of sp³-hybridized carbons (Fsp3) is 0.250. The molecule has 2 amide bonds. The molecule has 31 heavy (non-hydrogen) atoms. The summed E-state index contributed by atoms with van der Waals surface area (Å²) in [6, 6.07) is 10.9. The Labute approximate surface area is 182 Å². The highest BCUT2D eigenvalue weighted by atomic mass is 16.5. The largest absolute Gasteiger partial charge is 0.493 e. The SMILES string of the molecule is C=CCOc1ccc(/C=C/C(=O)NNC(=O)C(C)Oc2cccc(C)c2C)cc1OC. The van der Waals surface area contributed by atoms with Crippen molar-refractivity contribution in [3.05, 3.63) is 71.8 Å². The summed E-state index contributed by atoms with van der Waals surface area (Å²) in [5.41, 5.74) is 7.47. The van der Waals surface area contributed by atoms with E-state index in [0.717, 1.165) is 16.7 Å². The molecule has 0 heterocycles.